The second kappa shape index (κ2) is 5.33. The first kappa shape index (κ1) is 9.75. The van der Waals surface area contributed by atoms with Gasteiger partial charge in [-0.25, -0.2) is 0 Å². The highest BCUT2D eigenvalue weighted by molar-refractivity contribution is 6.32. The lowest BCUT2D eigenvalue weighted by atomic mass is 10.2. The van der Waals surface area contributed by atoms with E-state index in [0.717, 1.165) is 5.56 Å². The van der Waals surface area contributed by atoms with Crippen LogP contribution in [0.5, 0.6) is 0 Å². The second-order valence-corrected chi connectivity index (χ2v) is 2.87. The highest BCUT2D eigenvalue weighted by atomic mass is 35.5. The Morgan fingerprint density at radius 2 is 1.92 bits per heavy atom. The normalized spacial score (nSPS) is 11.9. The van der Waals surface area contributed by atoms with Crippen LogP contribution in [0.15, 0.2) is 47.5 Å². The molecule has 0 fully saturated rings. The molecule has 0 saturated heterocycles. The van der Waals surface area contributed by atoms with E-state index < -0.39 is 0 Å². The van der Waals surface area contributed by atoms with Gasteiger partial charge in [-0.1, -0.05) is 48.0 Å². The van der Waals surface area contributed by atoms with Crippen molar-refractivity contribution in [1.29, 1.82) is 0 Å². The molecule has 0 atom stereocenters. The van der Waals surface area contributed by atoms with Gasteiger partial charge in [0.25, 0.3) is 0 Å². The summed E-state index contributed by atoms with van der Waals surface area (Å²) in [6.07, 6.45) is 5.51. The zero-order valence-electron chi connectivity index (χ0n) is 6.98. The number of hydrogen-bond donors (Lipinski definition) is 0. The highest BCUT2D eigenvalue weighted by Gasteiger charge is 1.84. The van der Waals surface area contributed by atoms with E-state index in [0.29, 0.717) is 11.3 Å². The Morgan fingerprint density at radius 3 is 2.54 bits per heavy atom. The minimum absolute atomic E-state index is 0.429. The minimum atomic E-state index is 0.429. The van der Waals surface area contributed by atoms with E-state index >= 15 is 0 Å². The molecule has 2 heteroatoms. The van der Waals surface area contributed by atoms with Crippen LogP contribution >= 0.6 is 11.6 Å². The summed E-state index contributed by atoms with van der Waals surface area (Å²) in [7, 11) is 0. The average Bonchev–Trinajstić information content (AvgIpc) is 2.17. The minimum Gasteiger partial charge on any atom is -0.299 e. The Balaban J connectivity index is 2.69. The van der Waals surface area contributed by atoms with Crippen LogP contribution in [0.25, 0.3) is 6.08 Å². The van der Waals surface area contributed by atoms with Crippen molar-refractivity contribution in [1.82, 2.24) is 0 Å². The van der Waals surface area contributed by atoms with Crippen molar-refractivity contribution in [3.63, 3.8) is 0 Å². The zero-order valence-corrected chi connectivity index (χ0v) is 7.74. The van der Waals surface area contributed by atoms with Gasteiger partial charge in [-0.05, 0) is 17.7 Å². The molecule has 0 N–H and O–H groups in total. The van der Waals surface area contributed by atoms with Gasteiger partial charge in [-0.2, -0.15) is 0 Å². The molecule has 0 spiro atoms. The molecule has 0 radical (unpaired) electrons. The average molecular weight is 193 g/mol. The predicted octanol–water partition coefficient (Wildman–Crippen LogP) is 3.02. The summed E-state index contributed by atoms with van der Waals surface area (Å²) < 4.78 is 0. The second-order valence-electron chi connectivity index (χ2n) is 2.43. The number of halogens is 1. The Hall–Kier alpha value is -1.34. The van der Waals surface area contributed by atoms with Gasteiger partial charge in [0, 0.05) is 5.03 Å². The number of hydrogen-bond acceptors (Lipinski definition) is 1. The molecule has 1 nitrogen and oxygen atoms in total. The zero-order chi connectivity index (χ0) is 9.52. The van der Waals surface area contributed by atoms with Gasteiger partial charge in [0.2, 0.25) is 0 Å². The van der Waals surface area contributed by atoms with Crippen molar-refractivity contribution >= 4 is 24.0 Å². The van der Waals surface area contributed by atoms with Gasteiger partial charge >= 0.3 is 0 Å². The molecule has 0 aromatic heterocycles. The lowest BCUT2D eigenvalue weighted by Gasteiger charge is -1.89. The molecule has 0 unspecified atom stereocenters. The molecular weight excluding hydrogens is 184 g/mol. The molecule has 0 heterocycles. The monoisotopic (exact) mass is 192 g/mol. The fourth-order valence-electron chi connectivity index (χ4n) is 0.861. The third kappa shape index (κ3) is 3.72. The van der Waals surface area contributed by atoms with Gasteiger partial charge in [0.1, 0.15) is 6.29 Å². The molecular formula is C11H9ClO. The van der Waals surface area contributed by atoms with Crippen LogP contribution in [-0.4, -0.2) is 6.29 Å². The van der Waals surface area contributed by atoms with Gasteiger partial charge in [0.05, 0.1) is 0 Å². The summed E-state index contributed by atoms with van der Waals surface area (Å²) in [4.78, 5) is 10.0. The van der Waals surface area contributed by atoms with Crippen LogP contribution in [-0.2, 0) is 4.79 Å². The summed E-state index contributed by atoms with van der Waals surface area (Å²) >= 11 is 5.67. The van der Waals surface area contributed by atoms with Crippen LogP contribution in [0.1, 0.15) is 5.56 Å². The van der Waals surface area contributed by atoms with Crippen molar-refractivity contribution in [2.45, 2.75) is 0 Å². The molecule has 66 valence electrons. The Morgan fingerprint density at radius 1 is 1.23 bits per heavy atom. The van der Waals surface area contributed by atoms with E-state index in [9.17, 15) is 4.79 Å². The molecule has 0 amide bonds. The van der Waals surface area contributed by atoms with Crippen LogP contribution in [0, 0.1) is 0 Å². The molecule has 13 heavy (non-hydrogen) atoms. The third-order valence-electron chi connectivity index (χ3n) is 1.46. The molecule has 0 saturated carbocycles. The topological polar surface area (TPSA) is 17.1 Å². The number of benzene rings is 1. The smallest absolute Gasteiger partial charge is 0.144 e. The molecule has 1 rings (SSSR count). The van der Waals surface area contributed by atoms with Crippen molar-refractivity contribution in [2.75, 3.05) is 0 Å². The number of allylic oxidation sites excluding steroid dienone is 3. The van der Waals surface area contributed by atoms with E-state index in [1.54, 1.807) is 6.08 Å². The summed E-state index contributed by atoms with van der Waals surface area (Å²) in [5.41, 5.74) is 1.06. The maximum atomic E-state index is 10.0. The fourth-order valence-corrected chi connectivity index (χ4v) is 0.975. The number of aldehydes is 1. The first-order valence-corrected chi connectivity index (χ1v) is 4.25. The van der Waals surface area contributed by atoms with Gasteiger partial charge in [0.15, 0.2) is 0 Å². The van der Waals surface area contributed by atoms with Crippen LogP contribution in [0.3, 0.4) is 0 Å². The standard InChI is InChI=1S/C11H9ClO/c12-11(8-9-13)7-6-10-4-2-1-3-5-10/h1-9H/b7-6+,11-8-. The van der Waals surface area contributed by atoms with Crippen molar-refractivity contribution in [3.8, 4) is 0 Å². The quantitative estimate of drug-likeness (QED) is 0.409. The molecule has 0 aliphatic heterocycles. The van der Waals surface area contributed by atoms with Crippen molar-refractivity contribution in [2.24, 2.45) is 0 Å². The third-order valence-corrected chi connectivity index (χ3v) is 1.71. The first-order valence-electron chi connectivity index (χ1n) is 3.87. The van der Waals surface area contributed by atoms with Gasteiger partial charge < -0.3 is 0 Å². The van der Waals surface area contributed by atoms with Crippen LogP contribution in [0.4, 0.5) is 0 Å². The molecule has 0 aliphatic rings. The molecule has 1 aromatic carbocycles. The van der Waals surface area contributed by atoms with Gasteiger partial charge in [-0.3, -0.25) is 4.79 Å². The lowest BCUT2D eigenvalue weighted by Crippen LogP contribution is -1.69. The Kier molecular flexibility index (Phi) is 4.00. The summed E-state index contributed by atoms with van der Waals surface area (Å²) in [5, 5.41) is 0.429. The molecule has 1 aromatic rings. The predicted molar refractivity (Wildman–Crippen MR) is 55.5 cm³/mol. The molecule has 0 aliphatic carbocycles. The highest BCUT2D eigenvalue weighted by Crippen LogP contribution is 2.07. The van der Waals surface area contributed by atoms with Crippen LogP contribution in [0.2, 0.25) is 0 Å². The van der Waals surface area contributed by atoms with Crippen molar-refractivity contribution < 1.29 is 4.79 Å². The lowest BCUT2D eigenvalue weighted by molar-refractivity contribution is -0.104. The van der Waals surface area contributed by atoms with E-state index in [2.05, 4.69) is 0 Å². The number of rotatable bonds is 3. The van der Waals surface area contributed by atoms with E-state index in [1.807, 2.05) is 36.4 Å². The number of carbonyl (C=O) groups is 1. The first-order chi connectivity index (χ1) is 6.33. The summed E-state index contributed by atoms with van der Waals surface area (Å²) in [5.74, 6) is 0. The molecule has 0 bridgehead atoms. The van der Waals surface area contributed by atoms with Crippen molar-refractivity contribution in [3.05, 3.63) is 53.1 Å². The largest absolute Gasteiger partial charge is 0.299 e. The van der Waals surface area contributed by atoms with E-state index in [1.165, 1.54) is 6.08 Å². The van der Waals surface area contributed by atoms with E-state index in [4.69, 9.17) is 11.6 Å². The summed E-state index contributed by atoms with van der Waals surface area (Å²) in [6, 6.07) is 9.75. The van der Waals surface area contributed by atoms with E-state index in [-0.39, 0.29) is 0 Å². The summed E-state index contributed by atoms with van der Waals surface area (Å²) in [6.45, 7) is 0. The maximum Gasteiger partial charge on any atom is 0.144 e. The van der Waals surface area contributed by atoms with Gasteiger partial charge in [-0.15, -0.1) is 0 Å². The Labute approximate surface area is 82.3 Å². The number of carbonyl (C=O) groups excluding carboxylic acids is 1. The fraction of sp³-hybridized carbons (Fsp3) is 0. The van der Waals surface area contributed by atoms with Crippen LogP contribution < -0.4 is 0 Å². The Bertz CT molecular complexity index is 325. The maximum absolute atomic E-state index is 10.0. The SMILES string of the molecule is O=C/C=C(Cl)/C=C/c1ccccc1.